The summed E-state index contributed by atoms with van der Waals surface area (Å²) in [6.07, 6.45) is -3.87. The van der Waals surface area contributed by atoms with Gasteiger partial charge in [-0.25, -0.2) is 0 Å². The lowest BCUT2D eigenvalue weighted by atomic mass is 9.90. The van der Waals surface area contributed by atoms with E-state index in [0.717, 1.165) is 12.1 Å². The first-order valence-electron chi connectivity index (χ1n) is 6.29. The van der Waals surface area contributed by atoms with Crippen LogP contribution in [0, 0.1) is 0 Å². The van der Waals surface area contributed by atoms with Crippen LogP contribution in [0.15, 0.2) is 16.6 Å². The van der Waals surface area contributed by atoms with Gasteiger partial charge in [0.25, 0.3) is 5.91 Å². The number of piperazine rings is 1. The van der Waals surface area contributed by atoms with Gasteiger partial charge in [0.2, 0.25) is 0 Å². The van der Waals surface area contributed by atoms with Crippen molar-refractivity contribution >= 4 is 21.8 Å². The first-order chi connectivity index (χ1) is 9.38. The van der Waals surface area contributed by atoms with Crippen LogP contribution in [0.2, 0.25) is 0 Å². The van der Waals surface area contributed by atoms with Crippen molar-refractivity contribution < 1.29 is 18.0 Å². The monoisotopic (exact) mass is 348 g/mol. The predicted octanol–water partition coefficient (Wildman–Crippen LogP) is 2.44. The zero-order valence-electron chi connectivity index (χ0n) is 10.4. The van der Waals surface area contributed by atoms with Gasteiger partial charge in [0.15, 0.2) is 0 Å². The number of alkyl halides is 3. The highest BCUT2D eigenvalue weighted by molar-refractivity contribution is 9.10. The Labute approximate surface area is 122 Å². The Balaban J connectivity index is 2.09. The van der Waals surface area contributed by atoms with E-state index in [1.807, 2.05) is 0 Å². The van der Waals surface area contributed by atoms with Crippen LogP contribution >= 0.6 is 15.9 Å². The highest BCUT2D eigenvalue weighted by Gasteiger charge is 2.38. The molecule has 0 bridgehead atoms. The average molecular weight is 349 g/mol. The van der Waals surface area contributed by atoms with E-state index in [4.69, 9.17) is 0 Å². The fourth-order valence-corrected chi connectivity index (χ4v) is 3.42. The van der Waals surface area contributed by atoms with Gasteiger partial charge in [-0.05, 0) is 24.1 Å². The van der Waals surface area contributed by atoms with Crippen LogP contribution in [-0.2, 0) is 12.6 Å². The Morgan fingerprint density at radius 3 is 2.80 bits per heavy atom. The summed E-state index contributed by atoms with van der Waals surface area (Å²) in [5.41, 5.74) is 0.0582. The number of benzene rings is 1. The molecule has 1 N–H and O–H groups in total. The Hall–Kier alpha value is -1.08. The molecule has 2 aliphatic rings. The highest BCUT2D eigenvalue weighted by atomic mass is 79.9. The lowest BCUT2D eigenvalue weighted by Gasteiger charge is -2.40. The number of rotatable bonds is 0. The first kappa shape index (κ1) is 13.9. The molecule has 1 atom stereocenters. The van der Waals surface area contributed by atoms with Crippen LogP contribution in [0.4, 0.5) is 13.2 Å². The predicted molar refractivity (Wildman–Crippen MR) is 70.5 cm³/mol. The fourth-order valence-electron chi connectivity index (χ4n) is 2.80. The molecule has 0 unspecified atom stereocenters. The molecule has 108 valence electrons. The standard InChI is InChI=1S/C13H12BrF3N2O/c14-11-4-7(13(15,16)17)3-10-9(11)5-8-6-18-1-2-19(8)12(10)20/h3-4,8,18H,1-2,5-6H2/t8-/m1/s1. The number of nitrogens with one attached hydrogen (secondary N) is 1. The Bertz CT molecular complexity index is 573. The van der Waals surface area contributed by atoms with Crippen LogP contribution in [0.25, 0.3) is 0 Å². The van der Waals surface area contributed by atoms with Crippen LogP contribution in [0.1, 0.15) is 21.5 Å². The number of carbonyl (C=O) groups is 1. The maximum Gasteiger partial charge on any atom is 0.416 e. The molecular weight excluding hydrogens is 337 g/mol. The molecule has 0 aromatic heterocycles. The van der Waals surface area contributed by atoms with E-state index in [-0.39, 0.29) is 17.5 Å². The molecule has 1 aromatic rings. The van der Waals surface area contributed by atoms with Crippen LogP contribution < -0.4 is 5.32 Å². The summed E-state index contributed by atoms with van der Waals surface area (Å²) in [5, 5.41) is 3.20. The van der Waals surface area contributed by atoms with Gasteiger partial charge in [-0.2, -0.15) is 13.2 Å². The van der Waals surface area contributed by atoms with E-state index in [1.54, 1.807) is 4.90 Å². The minimum absolute atomic E-state index is 0.0248. The second kappa shape index (κ2) is 4.73. The Kier molecular flexibility index (Phi) is 3.29. The van der Waals surface area contributed by atoms with Crippen molar-refractivity contribution in [3.63, 3.8) is 0 Å². The van der Waals surface area contributed by atoms with E-state index in [9.17, 15) is 18.0 Å². The smallest absolute Gasteiger partial charge is 0.333 e. The fraction of sp³-hybridized carbons (Fsp3) is 0.462. The molecule has 3 nitrogen and oxygen atoms in total. The summed E-state index contributed by atoms with van der Waals surface area (Å²) in [7, 11) is 0. The number of halogens is 4. The van der Waals surface area contributed by atoms with Gasteiger partial charge in [-0.15, -0.1) is 0 Å². The molecule has 0 saturated carbocycles. The molecule has 0 spiro atoms. The SMILES string of the molecule is O=C1c2cc(C(F)(F)F)cc(Br)c2C[C@@H]2CNCCN12. The Morgan fingerprint density at radius 1 is 1.35 bits per heavy atom. The van der Waals surface area contributed by atoms with E-state index in [1.165, 1.54) is 0 Å². The minimum Gasteiger partial charge on any atom is -0.333 e. The summed E-state index contributed by atoms with van der Waals surface area (Å²) >= 11 is 3.18. The van der Waals surface area contributed by atoms with Gasteiger partial charge in [0, 0.05) is 35.7 Å². The molecule has 1 amide bonds. The number of fused-ring (bicyclic) bond motifs is 2. The third-order valence-electron chi connectivity index (χ3n) is 3.80. The second-order valence-corrected chi connectivity index (χ2v) is 5.90. The van der Waals surface area contributed by atoms with Gasteiger partial charge in [-0.1, -0.05) is 15.9 Å². The van der Waals surface area contributed by atoms with Gasteiger partial charge < -0.3 is 10.2 Å². The summed E-state index contributed by atoms with van der Waals surface area (Å²) < 4.78 is 38.9. The maximum absolute atomic E-state index is 12.8. The molecule has 7 heteroatoms. The molecule has 1 saturated heterocycles. The highest BCUT2D eigenvalue weighted by Crippen LogP contribution is 2.37. The van der Waals surface area contributed by atoms with Crippen LogP contribution in [-0.4, -0.2) is 36.5 Å². The molecule has 2 heterocycles. The maximum atomic E-state index is 12.8. The number of hydrogen-bond donors (Lipinski definition) is 1. The van der Waals surface area contributed by atoms with Gasteiger partial charge >= 0.3 is 6.18 Å². The number of carbonyl (C=O) groups excluding carboxylic acids is 1. The molecule has 2 aliphatic heterocycles. The van der Waals surface area contributed by atoms with Gasteiger partial charge in [0.1, 0.15) is 0 Å². The zero-order chi connectivity index (χ0) is 14.5. The molecule has 20 heavy (non-hydrogen) atoms. The summed E-state index contributed by atoms with van der Waals surface area (Å²) in [6, 6.07) is 2.05. The van der Waals surface area contributed by atoms with Gasteiger partial charge in [0.05, 0.1) is 5.56 Å². The normalized spacial score (nSPS) is 22.5. The largest absolute Gasteiger partial charge is 0.416 e. The zero-order valence-corrected chi connectivity index (χ0v) is 12.0. The molecule has 0 aliphatic carbocycles. The topological polar surface area (TPSA) is 32.3 Å². The lowest BCUT2D eigenvalue weighted by molar-refractivity contribution is -0.137. The van der Waals surface area contributed by atoms with Crippen molar-refractivity contribution in [3.05, 3.63) is 33.3 Å². The Morgan fingerprint density at radius 2 is 2.10 bits per heavy atom. The molecule has 1 aromatic carbocycles. The molecule has 0 radical (unpaired) electrons. The summed E-state index contributed by atoms with van der Waals surface area (Å²) in [5.74, 6) is -0.301. The molecule has 3 rings (SSSR count). The number of amides is 1. The van der Waals surface area contributed by atoms with Crippen LogP contribution in [0.5, 0.6) is 0 Å². The number of hydrogen-bond acceptors (Lipinski definition) is 2. The van der Waals surface area contributed by atoms with Crippen molar-refractivity contribution in [1.82, 2.24) is 10.2 Å². The molecule has 1 fully saturated rings. The molecular formula is C13H12BrF3N2O. The van der Waals surface area contributed by atoms with Gasteiger partial charge in [-0.3, -0.25) is 4.79 Å². The third kappa shape index (κ3) is 2.22. The van der Waals surface area contributed by atoms with E-state index >= 15 is 0 Å². The van der Waals surface area contributed by atoms with E-state index in [0.29, 0.717) is 36.1 Å². The number of nitrogens with zero attached hydrogens (tertiary/aromatic N) is 1. The first-order valence-corrected chi connectivity index (χ1v) is 7.08. The third-order valence-corrected chi connectivity index (χ3v) is 4.51. The van der Waals surface area contributed by atoms with Crippen molar-refractivity contribution in [2.75, 3.05) is 19.6 Å². The van der Waals surface area contributed by atoms with Crippen molar-refractivity contribution in [1.29, 1.82) is 0 Å². The van der Waals surface area contributed by atoms with E-state index in [2.05, 4.69) is 21.2 Å². The van der Waals surface area contributed by atoms with Crippen molar-refractivity contribution in [3.8, 4) is 0 Å². The van der Waals surface area contributed by atoms with E-state index < -0.39 is 11.7 Å². The quantitative estimate of drug-likeness (QED) is 0.780. The minimum atomic E-state index is -4.45. The van der Waals surface area contributed by atoms with Crippen LogP contribution in [0.3, 0.4) is 0 Å². The van der Waals surface area contributed by atoms with Crippen molar-refractivity contribution in [2.45, 2.75) is 18.6 Å². The lowest BCUT2D eigenvalue weighted by Crippen LogP contribution is -2.56. The van der Waals surface area contributed by atoms with Crippen molar-refractivity contribution in [2.24, 2.45) is 0 Å². The summed E-state index contributed by atoms with van der Waals surface area (Å²) in [4.78, 5) is 14.1. The second-order valence-electron chi connectivity index (χ2n) is 5.04. The summed E-state index contributed by atoms with van der Waals surface area (Å²) in [6.45, 7) is 1.90. The average Bonchev–Trinajstić information content (AvgIpc) is 2.39.